The van der Waals surface area contributed by atoms with Crippen LogP contribution in [0.15, 0.2) is 53.5 Å². The second kappa shape index (κ2) is 10.6. The Hall–Kier alpha value is -2.13. The van der Waals surface area contributed by atoms with E-state index < -0.39 is 0 Å². The minimum absolute atomic E-state index is 0.592. The summed E-state index contributed by atoms with van der Waals surface area (Å²) in [6, 6.07) is 16.6. The van der Waals surface area contributed by atoms with Gasteiger partial charge in [0.05, 0.1) is 0 Å². The second-order valence-corrected chi connectivity index (χ2v) is 5.61. The van der Waals surface area contributed by atoms with Crippen molar-refractivity contribution < 1.29 is 9.47 Å². The lowest BCUT2D eigenvalue weighted by Gasteiger charge is -2.07. The highest BCUT2D eigenvalue weighted by atomic mass is 16.5. The van der Waals surface area contributed by atoms with Crippen LogP contribution in [0, 0.1) is 0 Å². The van der Waals surface area contributed by atoms with E-state index in [1.807, 2.05) is 37.4 Å². The topological polar surface area (TPSA) is 30.8 Å². The zero-order chi connectivity index (χ0) is 17.0. The number of benzene rings is 2. The van der Waals surface area contributed by atoms with Crippen molar-refractivity contribution >= 4 is 6.21 Å². The molecule has 2 rings (SSSR count). The van der Waals surface area contributed by atoms with Crippen LogP contribution in [0.25, 0.3) is 0 Å². The van der Waals surface area contributed by atoms with Crippen molar-refractivity contribution in [2.75, 3.05) is 19.8 Å². The number of rotatable bonds is 10. The van der Waals surface area contributed by atoms with Crippen LogP contribution in [-0.4, -0.2) is 26.0 Å². The molecule has 0 aromatic heterocycles. The molecule has 0 spiro atoms. The van der Waals surface area contributed by atoms with E-state index in [-0.39, 0.29) is 0 Å². The summed E-state index contributed by atoms with van der Waals surface area (Å²) in [7, 11) is 0. The molecule has 0 amide bonds. The van der Waals surface area contributed by atoms with Gasteiger partial charge in [0.15, 0.2) is 0 Å². The zero-order valence-corrected chi connectivity index (χ0v) is 14.7. The fraction of sp³-hybridized carbons (Fsp3) is 0.381. The standard InChI is InChI=1S/C21H27NO2/c1-3-18-6-8-20(9-7-18)17-24-21-12-10-19(11-13-21)16-22-14-5-15-23-4-2/h6-13,16H,3-5,14-15,17H2,1-2H3/b22-16+. The molecule has 3 nitrogen and oxygen atoms in total. The van der Waals surface area contributed by atoms with Gasteiger partial charge in [0.1, 0.15) is 12.4 Å². The normalized spacial score (nSPS) is 11.1. The lowest BCUT2D eigenvalue weighted by Crippen LogP contribution is -1.96. The summed E-state index contributed by atoms with van der Waals surface area (Å²) in [5.74, 6) is 0.878. The van der Waals surface area contributed by atoms with Gasteiger partial charge in [-0.15, -0.1) is 0 Å². The Bertz CT molecular complexity index is 603. The molecule has 0 aliphatic rings. The molecule has 3 heteroatoms. The summed E-state index contributed by atoms with van der Waals surface area (Å²) in [6.07, 6.45) is 3.93. The van der Waals surface area contributed by atoms with Crippen LogP contribution in [0.3, 0.4) is 0 Å². The van der Waals surface area contributed by atoms with Crippen LogP contribution < -0.4 is 4.74 Å². The monoisotopic (exact) mass is 325 g/mol. The highest BCUT2D eigenvalue weighted by Gasteiger charge is 1.97. The fourth-order valence-electron chi connectivity index (χ4n) is 2.26. The SMILES string of the molecule is CCOCCC/N=C/c1ccc(OCc2ccc(CC)cc2)cc1. The Morgan fingerprint density at radius 1 is 0.917 bits per heavy atom. The molecule has 0 aliphatic carbocycles. The largest absolute Gasteiger partial charge is 0.489 e. The number of nitrogens with zero attached hydrogens (tertiary/aromatic N) is 1. The third-order valence-electron chi connectivity index (χ3n) is 3.74. The van der Waals surface area contributed by atoms with Crippen LogP contribution in [0.1, 0.15) is 37.0 Å². The van der Waals surface area contributed by atoms with E-state index in [1.165, 1.54) is 11.1 Å². The molecule has 0 atom stereocenters. The van der Waals surface area contributed by atoms with Gasteiger partial charge in [0.2, 0.25) is 0 Å². The molecule has 0 fully saturated rings. The number of aliphatic imine (C=N–C) groups is 1. The van der Waals surface area contributed by atoms with Crippen molar-refractivity contribution in [2.24, 2.45) is 4.99 Å². The van der Waals surface area contributed by atoms with Crippen LogP contribution in [0.2, 0.25) is 0 Å². The quantitative estimate of drug-likeness (QED) is 0.469. The van der Waals surface area contributed by atoms with E-state index in [4.69, 9.17) is 9.47 Å². The van der Waals surface area contributed by atoms with Gasteiger partial charge in [-0.25, -0.2) is 0 Å². The Morgan fingerprint density at radius 2 is 1.62 bits per heavy atom. The molecule has 0 saturated heterocycles. The highest BCUT2D eigenvalue weighted by Crippen LogP contribution is 2.14. The van der Waals surface area contributed by atoms with Crippen LogP contribution in [0.5, 0.6) is 5.75 Å². The summed E-state index contributed by atoms with van der Waals surface area (Å²) < 4.78 is 11.1. The van der Waals surface area contributed by atoms with Crippen LogP contribution in [0.4, 0.5) is 0 Å². The first-order chi connectivity index (χ1) is 11.8. The average Bonchev–Trinajstić information content (AvgIpc) is 2.64. The molecule has 0 heterocycles. The predicted octanol–water partition coefficient (Wildman–Crippen LogP) is 4.67. The predicted molar refractivity (Wildman–Crippen MR) is 100 cm³/mol. The summed E-state index contributed by atoms with van der Waals surface area (Å²) in [5.41, 5.74) is 3.63. The van der Waals surface area contributed by atoms with E-state index >= 15 is 0 Å². The van der Waals surface area contributed by atoms with Crippen LogP contribution >= 0.6 is 0 Å². The molecule has 24 heavy (non-hydrogen) atoms. The molecule has 0 unspecified atom stereocenters. The summed E-state index contributed by atoms with van der Waals surface area (Å²) >= 11 is 0. The number of ether oxygens (including phenoxy) is 2. The lowest BCUT2D eigenvalue weighted by molar-refractivity contribution is 0.146. The molecule has 0 aliphatic heterocycles. The first-order valence-corrected chi connectivity index (χ1v) is 8.70. The maximum Gasteiger partial charge on any atom is 0.119 e. The smallest absolute Gasteiger partial charge is 0.119 e. The first kappa shape index (κ1) is 18.2. The maximum absolute atomic E-state index is 5.83. The molecular formula is C21H27NO2. The third kappa shape index (κ3) is 6.55. The van der Waals surface area contributed by atoms with E-state index in [2.05, 4.69) is 36.2 Å². The minimum atomic E-state index is 0.592. The highest BCUT2D eigenvalue weighted by molar-refractivity contribution is 5.79. The van der Waals surface area contributed by atoms with Gasteiger partial charge in [-0.05, 0) is 60.7 Å². The van der Waals surface area contributed by atoms with Crippen molar-refractivity contribution in [3.05, 3.63) is 65.2 Å². The molecule has 0 N–H and O–H groups in total. The maximum atomic E-state index is 5.83. The van der Waals surface area contributed by atoms with Gasteiger partial charge in [0, 0.05) is 26.0 Å². The van der Waals surface area contributed by atoms with E-state index in [9.17, 15) is 0 Å². The van der Waals surface area contributed by atoms with Gasteiger partial charge >= 0.3 is 0 Å². The average molecular weight is 325 g/mol. The molecule has 2 aromatic carbocycles. The van der Waals surface area contributed by atoms with Gasteiger partial charge in [-0.2, -0.15) is 0 Å². The van der Waals surface area contributed by atoms with Gasteiger partial charge in [-0.3, -0.25) is 4.99 Å². The van der Waals surface area contributed by atoms with Crippen molar-refractivity contribution in [1.82, 2.24) is 0 Å². The molecule has 128 valence electrons. The molecular weight excluding hydrogens is 298 g/mol. The molecule has 0 saturated carbocycles. The van der Waals surface area contributed by atoms with Crippen LogP contribution in [-0.2, 0) is 17.8 Å². The lowest BCUT2D eigenvalue weighted by atomic mass is 10.1. The Morgan fingerprint density at radius 3 is 2.29 bits per heavy atom. The second-order valence-electron chi connectivity index (χ2n) is 5.61. The first-order valence-electron chi connectivity index (χ1n) is 8.70. The van der Waals surface area contributed by atoms with E-state index in [1.54, 1.807) is 0 Å². The van der Waals surface area contributed by atoms with Gasteiger partial charge < -0.3 is 9.47 Å². The zero-order valence-electron chi connectivity index (χ0n) is 14.7. The van der Waals surface area contributed by atoms with Crippen molar-refractivity contribution in [3.63, 3.8) is 0 Å². The Kier molecular flexibility index (Phi) is 8.05. The van der Waals surface area contributed by atoms with E-state index in [0.717, 1.165) is 43.9 Å². The Labute approximate surface area is 145 Å². The Balaban J connectivity index is 1.75. The molecule has 0 bridgehead atoms. The fourth-order valence-corrected chi connectivity index (χ4v) is 2.26. The third-order valence-corrected chi connectivity index (χ3v) is 3.74. The summed E-state index contributed by atoms with van der Waals surface area (Å²) in [5, 5.41) is 0. The molecule has 0 radical (unpaired) electrons. The molecule has 2 aromatic rings. The number of hydrogen-bond donors (Lipinski definition) is 0. The van der Waals surface area contributed by atoms with Gasteiger partial charge in [0.25, 0.3) is 0 Å². The summed E-state index contributed by atoms with van der Waals surface area (Å²) in [6.45, 7) is 7.11. The van der Waals surface area contributed by atoms with E-state index in [0.29, 0.717) is 6.61 Å². The van der Waals surface area contributed by atoms with Crippen molar-refractivity contribution in [3.8, 4) is 5.75 Å². The number of hydrogen-bond acceptors (Lipinski definition) is 3. The van der Waals surface area contributed by atoms with Gasteiger partial charge in [-0.1, -0.05) is 31.2 Å². The van der Waals surface area contributed by atoms with Crippen molar-refractivity contribution in [1.29, 1.82) is 0 Å². The number of aryl methyl sites for hydroxylation is 1. The minimum Gasteiger partial charge on any atom is -0.489 e. The van der Waals surface area contributed by atoms with Crippen molar-refractivity contribution in [2.45, 2.75) is 33.3 Å². The summed E-state index contributed by atoms with van der Waals surface area (Å²) in [4.78, 5) is 4.41.